The molecule has 1 heterocycles. The van der Waals surface area contributed by atoms with E-state index in [1.807, 2.05) is 0 Å². The number of carbonyl (C=O) groups excluding carboxylic acids is 1. The highest BCUT2D eigenvalue weighted by atomic mass is 35.5. The van der Waals surface area contributed by atoms with E-state index >= 15 is 0 Å². The van der Waals surface area contributed by atoms with Crippen molar-refractivity contribution in [1.82, 2.24) is 4.90 Å². The molecule has 1 fully saturated rings. The zero-order valence-corrected chi connectivity index (χ0v) is 16.9. The van der Waals surface area contributed by atoms with E-state index in [9.17, 15) is 18.0 Å². The SMILES string of the molecule is CC(Oc1cccc(Cl)c1)C(=O)N1CCOC(COc2cccc(C(F)(F)F)c2)C1. The van der Waals surface area contributed by atoms with Crippen LogP contribution in [0.15, 0.2) is 48.5 Å². The monoisotopic (exact) mass is 443 g/mol. The molecule has 0 aliphatic carbocycles. The van der Waals surface area contributed by atoms with E-state index in [1.165, 1.54) is 12.1 Å². The molecule has 0 N–H and O–H groups in total. The van der Waals surface area contributed by atoms with E-state index in [4.69, 9.17) is 25.8 Å². The first-order chi connectivity index (χ1) is 14.2. The molecule has 0 bridgehead atoms. The van der Waals surface area contributed by atoms with E-state index in [1.54, 1.807) is 36.1 Å². The maximum Gasteiger partial charge on any atom is 0.416 e. The lowest BCUT2D eigenvalue weighted by Crippen LogP contribution is -2.51. The minimum atomic E-state index is -4.44. The zero-order valence-electron chi connectivity index (χ0n) is 16.2. The summed E-state index contributed by atoms with van der Waals surface area (Å²) in [5.41, 5.74) is -0.784. The van der Waals surface area contributed by atoms with Crippen LogP contribution >= 0.6 is 11.6 Å². The van der Waals surface area contributed by atoms with Crippen molar-refractivity contribution in [3.05, 3.63) is 59.1 Å². The third-order valence-electron chi connectivity index (χ3n) is 4.50. The highest BCUT2D eigenvalue weighted by Gasteiger charge is 2.31. The Hall–Kier alpha value is -2.45. The van der Waals surface area contributed by atoms with Gasteiger partial charge < -0.3 is 19.1 Å². The van der Waals surface area contributed by atoms with E-state index < -0.39 is 23.9 Å². The number of amides is 1. The number of morpholine rings is 1. The minimum absolute atomic E-state index is 0.0224. The van der Waals surface area contributed by atoms with Crippen molar-refractivity contribution in [2.75, 3.05) is 26.3 Å². The molecule has 2 atom stereocenters. The van der Waals surface area contributed by atoms with Gasteiger partial charge in [0.2, 0.25) is 0 Å². The van der Waals surface area contributed by atoms with Crippen LogP contribution in [0.1, 0.15) is 12.5 Å². The summed E-state index contributed by atoms with van der Waals surface area (Å²) in [5.74, 6) is 0.359. The molecule has 9 heteroatoms. The van der Waals surface area contributed by atoms with Gasteiger partial charge >= 0.3 is 6.18 Å². The first-order valence-electron chi connectivity index (χ1n) is 9.35. The van der Waals surface area contributed by atoms with Crippen LogP contribution in [-0.2, 0) is 15.7 Å². The summed E-state index contributed by atoms with van der Waals surface area (Å²) in [6.45, 7) is 2.61. The fraction of sp³-hybridized carbons (Fsp3) is 0.381. The van der Waals surface area contributed by atoms with E-state index in [0.29, 0.717) is 23.9 Å². The quantitative estimate of drug-likeness (QED) is 0.662. The van der Waals surface area contributed by atoms with Crippen LogP contribution in [0.3, 0.4) is 0 Å². The molecule has 30 heavy (non-hydrogen) atoms. The molecule has 5 nitrogen and oxygen atoms in total. The Balaban J connectivity index is 1.54. The molecule has 0 spiro atoms. The van der Waals surface area contributed by atoms with Crippen molar-refractivity contribution in [2.24, 2.45) is 0 Å². The lowest BCUT2D eigenvalue weighted by Gasteiger charge is -2.34. The van der Waals surface area contributed by atoms with Crippen LogP contribution in [0.5, 0.6) is 11.5 Å². The van der Waals surface area contributed by atoms with Crippen molar-refractivity contribution in [3.63, 3.8) is 0 Å². The number of rotatable bonds is 6. The van der Waals surface area contributed by atoms with Crippen molar-refractivity contribution < 1.29 is 32.2 Å². The van der Waals surface area contributed by atoms with Gasteiger partial charge in [0.05, 0.1) is 18.7 Å². The first kappa shape index (κ1) is 22.2. The van der Waals surface area contributed by atoms with E-state index in [-0.39, 0.29) is 24.8 Å². The van der Waals surface area contributed by atoms with Crippen molar-refractivity contribution in [1.29, 1.82) is 0 Å². The van der Waals surface area contributed by atoms with Gasteiger partial charge in [-0.05, 0) is 43.3 Å². The van der Waals surface area contributed by atoms with Gasteiger partial charge in [0.15, 0.2) is 6.10 Å². The summed E-state index contributed by atoms with van der Waals surface area (Å²) >= 11 is 5.93. The smallest absolute Gasteiger partial charge is 0.416 e. The van der Waals surface area contributed by atoms with Crippen LogP contribution < -0.4 is 9.47 Å². The molecule has 2 unspecified atom stereocenters. The molecule has 0 aromatic heterocycles. The molecule has 1 aliphatic heterocycles. The Morgan fingerprint density at radius 1 is 1.23 bits per heavy atom. The fourth-order valence-electron chi connectivity index (χ4n) is 3.02. The zero-order chi connectivity index (χ0) is 21.7. The van der Waals surface area contributed by atoms with Gasteiger partial charge in [0.25, 0.3) is 5.91 Å². The van der Waals surface area contributed by atoms with Gasteiger partial charge in [0.1, 0.15) is 24.2 Å². The first-order valence-corrected chi connectivity index (χ1v) is 9.73. The van der Waals surface area contributed by atoms with Crippen LogP contribution in [-0.4, -0.2) is 49.3 Å². The van der Waals surface area contributed by atoms with Gasteiger partial charge in [-0.1, -0.05) is 23.7 Å². The summed E-state index contributed by atoms with van der Waals surface area (Å²) in [5, 5.41) is 0.505. The third-order valence-corrected chi connectivity index (χ3v) is 4.74. The Bertz CT molecular complexity index is 877. The summed E-state index contributed by atoms with van der Waals surface area (Å²) in [6, 6.07) is 11.4. The molecule has 1 amide bonds. The number of halogens is 4. The Labute approximate surface area is 177 Å². The summed E-state index contributed by atoms with van der Waals surface area (Å²) in [7, 11) is 0. The topological polar surface area (TPSA) is 48.0 Å². The second kappa shape index (κ2) is 9.57. The largest absolute Gasteiger partial charge is 0.491 e. The normalized spacial score (nSPS) is 18.0. The fourth-order valence-corrected chi connectivity index (χ4v) is 3.20. The van der Waals surface area contributed by atoms with Crippen LogP contribution in [0.2, 0.25) is 5.02 Å². The van der Waals surface area contributed by atoms with Gasteiger partial charge in [0, 0.05) is 11.6 Å². The molecule has 1 saturated heterocycles. The highest BCUT2D eigenvalue weighted by molar-refractivity contribution is 6.30. The number of benzene rings is 2. The predicted octanol–water partition coefficient (Wildman–Crippen LogP) is 4.43. The number of carbonyl (C=O) groups is 1. The lowest BCUT2D eigenvalue weighted by atomic mass is 10.2. The predicted molar refractivity (Wildman–Crippen MR) is 105 cm³/mol. The lowest BCUT2D eigenvalue weighted by molar-refractivity contribution is -0.146. The van der Waals surface area contributed by atoms with Crippen molar-refractivity contribution >= 4 is 17.5 Å². The average Bonchev–Trinajstić information content (AvgIpc) is 2.71. The van der Waals surface area contributed by atoms with Gasteiger partial charge in [-0.3, -0.25) is 4.79 Å². The maximum absolute atomic E-state index is 12.8. The number of nitrogens with zero attached hydrogens (tertiary/aromatic N) is 1. The summed E-state index contributed by atoms with van der Waals surface area (Å²) in [4.78, 5) is 14.3. The van der Waals surface area contributed by atoms with E-state index in [2.05, 4.69) is 0 Å². The molecule has 0 radical (unpaired) electrons. The molecule has 2 aromatic rings. The molecule has 1 aliphatic rings. The highest BCUT2D eigenvalue weighted by Crippen LogP contribution is 2.31. The summed E-state index contributed by atoms with van der Waals surface area (Å²) in [6.07, 6.45) is -5.63. The molecule has 3 rings (SSSR count). The number of alkyl halides is 3. The number of hydrogen-bond donors (Lipinski definition) is 0. The van der Waals surface area contributed by atoms with Crippen LogP contribution in [0.25, 0.3) is 0 Å². The number of hydrogen-bond acceptors (Lipinski definition) is 4. The second-order valence-electron chi connectivity index (χ2n) is 6.83. The summed E-state index contributed by atoms with van der Waals surface area (Å²) < 4.78 is 55.2. The average molecular weight is 444 g/mol. The van der Waals surface area contributed by atoms with Gasteiger partial charge in [-0.2, -0.15) is 13.2 Å². The van der Waals surface area contributed by atoms with Crippen LogP contribution in [0.4, 0.5) is 13.2 Å². The third kappa shape index (κ3) is 6.03. The van der Waals surface area contributed by atoms with Gasteiger partial charge in [-0.15, -0.1) is 0 Å². The van der Waals surface area contributed by atoms with E-state index in [0.717, 1.165) is 12.1 Å². The maximum atomic E-state index is 12.8. The molecular weight excluding hydrogens is 423 g/mol. The minimum Gasteiger partial charge on any atom is -0.491 e. The molecular formula is C21H21ClF3NO4. The Morgan fingerprint density at radius 2 is 1.97 bits per heavy atom. The van der Waals surface area contributed by atoms with Crippen LogP contribution in [0, 0.1) is 0 Å². The van der Waals surface area contributed by atoms with Crippen molar-refractivity contribution in [3.8, 4) is 11.5 Å². The Kier molecular flexibility index (Phi) is 7.10. The second-order valence-corrected chi connectivity index (χ2v) is 7.27. The molecule has 162 valence electrons. The Morgan fingerprint density at radius 3 is 2.70 bits per heavy atom. The van der Waals surface area contributed by atoms with Gasteiger partial charge in [-0.25, -0.2) is 0 Å². The molecule has 2 aromatic carbocycles. The number of ether oxygens (including phenoxy) is 3. The van der Waals surface area contributed by atoms with Crippen molar-refractivity contribution in [2.45, 2.75) is 25.3 Å². The standard InChI is InChI=1S/C21H21ClF3NO4/c1-14(30-18-7-3-5-16(22)11-18)20(27)26-8-9-28-19(12-26)13-29-17-6-2-4-15(10-17)21(23,24)25/h2-7,10-11,14,19H,8-9,12-13H2,1H3. The molecule has 0 saturated carbocycles.